The van der Waals surface area contributed by atoms with E-state index < -0.39 is 5.41 Å². The maximum Gasteiger partial charge on any atom is 0.164 e. The number of rotatable bonds is 8. The number of aromatic hydroxyl groups is 1. The van der Waals surface area contributed by atoms with E-state index in [1.54, 1.807) is 12.1 Å². The number of para-hydroxylation sites is 2. The largest absolute Gasteiger partial charge is 0.508 e. The summed E-state index contributed by atoms with van der Waals surface area (Å²) in [5.74, 6) is 4.66. The number of benzene rings is 7. The first-order chi connectivity index (χ1) is 28.7. The molecule has 274 valence electrons. The van der Waals surface area contributed by atoms with Crippen molar-refractivity contribution in [3.8, 4) is 69.1 Å². The molecule has 0 fully saturated rings. The van der Waals surface area contributed by atoms with Crippen LogP contribution >= 0.6 is 0 Å². The number of nitrogens with zero attached hydrogens (tertiary/aromatic N) is 4. The van der Waals surface area contributed by atoms with Crippen molar-refractivity contribution in [2.45, 2.75) is 11.8 Å². The molecule has 2 aromatic heterocycles. The molecule has 5 nitrogen and oxygen atoms in total. The van der Waals surface area contributed by atoms with Crippen LogP contribution in [-0.2, 0) is 5.41 Å². The SMILES string of the molecule is C#C/C=C\C=C/CC1(c2ccccc2O)c2ccccc2-c2c1ccc1c3ccccc3n(-c3cccc(-c4nc(-c5ccccc5)nc(-c5ccccc5)n4)c3)c21. The molecule has 0 aliphatic heterocycles. The van der Waals surface area contributed by atoms with E-state index in [9.17, 15) is 5.11 Å². The van der Waals surface area contributed by atoms with Gasteiger partial charge in [-0.25, -0.2) is 15.0 Å². The molecule has 1 aliphatic rings. The summed E-state index contributed by atoms with van der Waals surface area (Å²) in [6.45, 7) is 0. The Morgan fingerprint density at radius 1 is 0.569 bits per heavy atom. The van der Waals surface area contributed by atoms with Gasteiger partial charge in [0, 0.05) is 44.3 Å². The third-order valence-electron chi connectivity index (χ3n) is 11.2. The number of hydrogen-bond donors (Lipinski definition) is 1. The van der Waals surface area contributed by atoms with Gasteiger partial charge < -0.3 is 9.67 Å². The van der Waals surface area contributed by atoms with Crippen molar-refractivity contribution in [1.29, 1.82) is 0 Å². The second-order valence-corrected chi connectivity index (χ2v) is 14.5. The molecular formula is C53H36N4O. The topological polar surface area (TPSA) is 63.8 Å². The second-order valence-electron chi connectivity index (χ2n) is 14.5. The van der Waals surface area contributed by atoms with Crippen molar-refractivity contribution in [2.75, 3.05) is 0 Å². The highest BCUT2D eigenvalue weighted by Crippen LogP contribution is 2.58. The Bertz CT molecular complexity index is 3060. The fraction of sp³-hybridized carbons (Fsp3) is 0.0377. The number of allylic oxidation sites excluding steroid dienone is 4. The Labute approximate surface area is 337 Å². The van der Waals surface area contributed by atoms with Gasteiger partial charge in [-0.05, 0) is 53.5 Å². The van der Waals surface area contributed by atoms with Crippen LogP contribution in [-0.4, -0.2) is 24.6 Å². The highest BCUT2D eigenvalue weighted by atomic mass is 16.3. The van der Waals surface area contributed by atoms with Crippen molar-refractivity contribution in [3.05, 3.63) is 211 Å². The van der Waals surface area contributed by atoms with Crippen molar-refractivity contribution in [2.24, 2.45) is 0 Å². The van der Waals surface area contributed by atoms with Crippen LogP contribution in [0.15, 0.2) is 194 Å². The maximum atomic E-state index is 11.6. The summed E-state index contributed by atoms with van der Waals surface area (Å²) in [7, 11) is 0. The minimum absolute atomic E-state index is 0.258. The molecule has 1 N–H and O–H groups in total. The molecule has 9 aromatic rings. The number of terminal acetylenes is 1. The number of fused-ring (bicyclic) bond motifs is 7. The zero-order valence-corrected chi connectivity index (χ0v) is 31.5. The minimum atomic E-state index is -0.679. The van der Waals surface area contributed by atoms with E-state index in [0.717, 1.165) is 72.0 Å². The summed E-state index contributed by atoms with van der Waals surface area (Å²) >= 11 is 0. The molecule has 1 atom stereocenters. The number of phenolic OH excluding ortho intramolecular Hbond substituents is 1. The van der Waals surface area contributed by atoms with Crippen LogP contribution in [0.3, 0.4) is 0 Å². The Balaban J connectivity index is 1.24. The van der Waals surface area contributed by atoms with Gasteiger partial charge >= 0.3 is 0 Å². The zero-order valence-electron chi connectivity index (χ0n) is 31.5. The van der Waals surface area contributed by atoms with E-state index in [0.29, 0.717) is 23.9 Å². The molecule has 58 heavy (non-hydrogen) atoms. The lowest BCUT2D eigenvalue weighted by molar-refractivity contribution is 0.454. The highest BCUT2D eigenvalue weighted by molar-refractivity contribution is 6.16. The molecule has 2 heterocycles. The van der Waals surface area contributed by atoms with E-state index in [4.69, 9.17) is 21.4 Å². The van der Waals surface area contributed by atoms with E-state index in [2.05, 4.69) is 108 Å². The fourth-order valence-corrected chi connectivity index (χ4v) is 8.78. The summed E-state index contributed by atoms with van der Waals surface area (Å²) in [5.41, 5.74) is 10.6. The van der Waals surface area contributed by atoms with Crippen molar-refractivity contribution in [3.63, 3.8) is 0 Å². The van der Waals surface area contributed by atoms with Gasteiger partial charge in [-0.15, -0.1) is 6.42 Å². The van der Waals surface area contributed by atoms with Crippen LogP contribution in [0.1, 0.15) is 23.1 Å². The third kappa shape index (κ3) is 5.62. The first-order valence-electron chi connectivity index (χ1n) is 19.4. The predicted molar refractivity (Wildman–Crippen MR) is 236 cm³/mol. The van der Waals surface area contributed by atoms with Gasteiger partial charge in [-0.3, -0.25) is 0 Å². The fourth-order valence-electron chi connectivity index (χ4n) is 8.78. The van der Waals surface area contributed by atoms with Crippen LogP contribution in [0.25, 0.3) is 72.8 Å². The van der Waals surface area contributed by atoms with Gasteiger partial charge in [-0.1, -0.05) is 170 Å². The third-order valence-corrected chi connectivity index (χ3v) is 11.2. The molecule has 1 unspecified atom stereocenters. The van der Waals surface area contributed by atoms with Gasteiger partial charge in [0.2, 0.25) is 0 Å². The van der Waals surface area contributed by atoms with Crippen molar-refractivity contribution in [1.82, 2.24) is 19.5 Å². The number of hydrogen-bond acceptors (Lipinski definition) is 4. The second kappa shape index (κ2) is 14.4. The molecule has 0 saturated heterocycles. The monoisotopic (exact) mass is 744 g/mol. The van der Waals surface area contributed by atoms with Gasteiger partial charge in [0.05, 0.1) is 16.4 Å². The van der Waals surface area contributed by atoms with Crippen LogP contribution < -0.4 is 0 Å². The minimum Gasteiger partial charge on any atom is -0.508 e. The van der Waals surface area contributed by atoms with Crippen molar-refractivity contribution < 1.29 is 5.11 Å². The molecule has 5 heteroatoms. The standard InChI is InChI=1S/C53H36N4O/c1-2-3-4-5-18-34-53(44-29-15-17-31-47(44)58)43-28-14-12-27-42(43)48-45(53)33-32-41-40-26-13-16-30-46(40)57(49(41)48)39-25-19-24-38(35-39)52-55-50(36-20-8-6-9-21-36)54-51(56-52)37-22-10-7-11-23-37/h1,3-33,35,58H,34H2/b4-3-,18-5-. The Hall–Kier alpha value is -7.81. The summed E-state index contributed by atoms with van der Waals surface area (Å²) in [6.07, 6.45) is 13.9. The average molecular weight is 745 g/mol. The summed E-state index contributed by atoms with van der Waals surface area (Å²) in [4.78, 5) is 15.1. The summed E-state index contributed by atoms with van der Waals surface area (Å²) in [6, 6.07) is 58.1. The van der Waals surface area contributed by atoms with Gasteiger partial charge in [-0.2, -0.15) is 0 Å². The molecule has 1 aliphatic carbocycles. The highest BCUT2D eigenvalue weighted by Gasteiger charge is 2.46. The van der Waals surface area contributed by atoms with E-state index >= 15 is 0 Å². The number of phenols is 1. The molecule has 0 spiro atoms. The van der Waals surface area contributed by atoms with Crippen LogP contribution in [0.2, 0.25) is 0 Å². The van der Waals surface area contributed by atoms with Gasteiger partial charge in [0.25, 0.3) is 0 Å². The van der Waals surface area contributed by atoms with E-state index in [-0.39, 0.29) is 5.75 Å². The molecule has 0 amide bonds. The van der Waals surface area contributed by atoms with Crippen LogP contribution in [0.4, 0.5) is 0 Å². The molecule has 10 rings (SSSR count). The molecule has 7 aromatic carbocycles. The maximum absolute atomic E-state index is 11.6. The van der Waals surface area contributed by atoms with E-state index in [1.165, 1.54) is 0 Å². The van der Waals surface area contributed by atoms with Crippen molar-refractivity contribution >= 4 is 21.8 Å². The molecule has 0 radical (unpaired) electrons. The Morgan fingerprint density at radius 2 is 1.19 bits per heavy atom. The number of aromatic nitrogens is 4. The van der Waals surface area contributed by atoms with Crippen LogP contribution in [0, 0.1) is 12.3 Å². The van der Waals surface area contributed by atoms with E-state index in [1.807, 2.05) is 84.9 Å². The predicted octanol–water partition coefficient (Wildman–Crippen LogP) is 12.1. The first kappa shape index (κ1) is 34.7. The van der Waals surface area contributed by atoms with Gasteiger partial charge in [0.1, 0.15) is 5.75 Å². The quantitative estimate of drug-likeness (QED) is 0.124. The lowest BCUT2D eigenvalue weighted by atomic mass is 9.69. The average Bonchev–Trinajstić information content (AvgIpc) is 3.77. The molecule has 0 bridgehead atoms. The smallest absolute Gasteiger partial charge is 0.164 e. The molecule has 0 saturated carbocycles. The first-order valence-corrected chi connectivity index (χ1v) is 19.4. The molecular weight excluding hydrogens is 709 g/mol. The zero-order chi connectivity index (χ0) is 39.1. The Morgan fingerprint density at radius 3 is 1.91 bits per heavy atom. The summed E-state index contributed by atoms with van der Waals surface area (Å²) < 4.78 is 2.38. The summed E-state index contributed by atoms with van der Waals surface area (Å²) in [5, 5.41) is 13.9. The Kier molecular flexibility index (Phi) is 8.58. The normalized spacial score (nSPS) is 14.6. The lowest BCUT2D eigenvalue weighted by Crippen LogP contribution is -2.26. The van der Waals surface area contributed by atoms with Gasteiger partial charge in [0.15, 0.2) is 17.5 Å². The lowest BCUT2D eigenvalue weighted by Gasteiger charge is -2.32. The van der Waals surface area contributed by atoms with Crippen LogP contribution in [0.5, 0.6) is 5.75 Å².